The number of carbonyl (C=O) groups excluding carboxylic acids is 1. The lowest BCUT2D eigenvalue weighted by molar-refractivity contribution is -0.140. The van der Waals surface area contributed by atoms with Crippen molar-refractivity contribution in [2.75, 3.05) is 26.9 Å². The number of carbonyl (C=O) groups is 2. The van der Waals surface area contributed by atoms with E-state index in [1.165, 1.54) is 7.11 Å². The zero-order valence-corrected chi connectivity index (χ0v) is 9.69. The first-order valence-electron chi connectivity index (χ1n) is 5.19. The molecule has 1 unspecified atom stereocenters. The van der Waals surface area contributed by atoms with Crippen molar-refractivity contribution in [3.63, 3.8) is 0 Å². The van der Waals surface area contributed by atoms with E-state index in [2.05, 4.69) is 5.32 Å². The summed E-state index contributed by atoms with van der Waals surface area (Å²) in [5.74, 6) is -1.22. The Morgan fingerprint density at radius 2 is 2.12 bits per heavy atom. The van der Waals surface area contributed by atoms with Gasteiger partial charge in [-0.15, -0.1) is 0 Å². The van der Waals surface area contributed by atoms with E-state index < -0.39 is 12.1 Å². The predicted octanol–water partition coefficient (Wildman–Crippen LogP) is 0.0189. The van der Waals surface area contributed by atoms with Crippen LogP contribution in [0.25, 0.3) is 0 Å². The van der Waals surface area contributed by atoms with Crippen molar-refractivity contribution in [1.29, 1.82) is 0 Å². The number of aliphatic carboxylic acids is 1. The lowest BCUT2D eigenvalue weighted by atomic mass is 10.2. The normalized spacial score (nSPS) is 12.1. The number of amides is 1. The summed E-state index contributed by atoms with van der Waals surface area (Å²) >= 11 is 0. The summed E-state index contributed by atoms with van der Waals surface area (Å²) in [5, 5.41) is 11.1. The van der Waals surface area contributed by atoms with Gasteiger partial charge in [-0.2, -0.15) is 0 Å². The Hall–Kier alpha value is -1.14. The zero-order valence-electron chi connectivity index (χ0n) is 9.69. The van der Waals surface area contributed by atoms with Crippen molar-refractivity contribution in [2.24, 2.45) is 0 Å². The van der Waals surface area contributed by atoms with E-state index in [-0.39, 0.29) is 25.5 Å². The van der Waals surface area contributed by atoms with Gasteiger partial charge in [-0.25, -0.2) is 0 Å². The maximum atomic E-state index is 11.2. The standard InChI is InChI=1S/C10H19NO5/c1-3-4-16-7-9(12)11-6-8(15-2)5-10(13)14/h8H,3-7H2,1-2H3,(H,11,12)(H,13,14). The molecule has 0 aromatic carbocycles. The van der Waals surface area contributed by atoms with Gasteiger partial charge in [0.2, 0.25) is 5.91 Å². The fourth-order valence-corrected chi connectivity index (χ4v) is 1.02. The van der Waals surface area contributed by atoms with E-state index >= 15 is 0 Å². The second-order valence-electron chi connectivity index (χ2n) is 3.31. The van der Waals surface area contributed by atoms with Crippen molar-refractivity contribution in [3.8, 4) is 0 Å². The average Bonchev–Trinajstić information content (AvgIpc) is 2.24. The van der Waals surface area contributed by atoms with Crippen LogP contribution in [0.1, 0.15) is 19.8 Å². The Morgan fingerprint density at radius 1 is 1.44 bits per heavy atom. The molecule has 0 aromatic heterocycles. The molecule has 0 aliphatic heterocycles. The van der Waals surface area contributed by atoms with E-state index in [0.29, 0.717) is 6.61 Å². The Morgan fingerprint density at radius 3 is 2.62 bits per heavy atom. The van der Waals surface area contributed by atoms with Crippen LogP contribution in [0.2, 0.25) is 0 Å². The van der Waals surface area contributed by atoms with E-state index in [0.717, 1.165) is 6.42 Å². The van der Waals surface area contributed by atoms with Crippen molar-refractivity contribution < 1.29 is 24.2 Å². The largest absolute Gasteiger partial charge is 0.481 e. The molecule has 2 N–H and O–H groups in total. The Labute approximate surface area is 94.9 Å². The van der Waals surface area contributed by atoms with Gasteiger partial charge in [-0.1, -0.05) is 6.92 Å². The monoisotopic (exact) mass is 233 g/mol. The van der Waals surface area contributed by atoms with Gasteiger partial charge in [0.1, 0.15) is 6.61 Å². The summed E-state index contributed by atoms with van der Waals surface area (Å²) in [6, 6.07) is 0. The third-order valence-corrected chi connectivity index (χ3v) is 1.84. The third kappa shape index (κ3) is 8.19. The maximum Gasteiger partial charge on any atom is 0.306 e. The number of rotatable bonds is 9. The van der Waals surface area contributed by atoms with Gasteiger partial charge in [0.25, 0.3) is 0 Å². The molecule has 0 aromatic rings. The first kappa shape index (κ1) is 14.9. The molecule has 0 saturated heterocycles. The topological polar surface area (TPSA) is 84.9 Å². The molecule has 1 amide bonds. The molecule has 0 heterocycles. The van der Waals surface area contributed by atoms with Gasteiger partial charge in [0.05, 0.1) is 12.5 Å². The van der Waals surface area contributed by atoms with E-state index in [9.17, 15) is 9.59 Å². The predicted molar refractivity (Wildman–Crippen MR) is 57.2 cm³/mol. The highest BCUT2D eigenvalue weighted by molar-refractivity contribution is 5.77. The van der Waals surface area contributed by atoms with Gasteiger partial charge in [-0.3, -0.25) is 9.59 Å². The molecule has 1 atom stereocenters. The van der Waals surface area contributed by atoms with Crippen LogP contribution in [0.5, 0.6) is 0 Å². The molecule has 0 bridgehead atoms. The van der Waals surface area contributed by atoms with Crippen molar-refractivity contribution in [3.05, 3.63) is 0 Å². The Kier molecular flexibility index (Phi) is 8.46. The highest BCUT2D eigenvalue weighted by atomic mass is 16.5. The minimum atomic E-state index is -0.955. The van der Waals surface area contributed by atoms with E-state index in [1.54, 1.807) is 0 Å². The second-order valence-corrected chi connectivity index (χ2v) is 3.31. The molecule has 16 heavy (non-hydrogen) atoms. The summed E-state index contributed by atoms with van der Waals surface area (Å²) in [6.07, 6.45) is 0.215. The first-order chi connectivity index (χ1) is 7.60. The molecule has 0 spiro atoms. The molecule has 0 radical (unpaired) electrons. The number of carboxylic acids is 1. The summed E-state index contributed by atoms with van der Waals surface area (Å²) in [6.45, 7) is 2.66. The maximum absolute atomic E-state index is 11.2. The number of nitrogens with one attached hydrogen (secondary N) is 1. The van der Waals surface area contributed by atoms with Crippen molar-refractivity contribution in [2.45, 2.75) is 25.9 Å². The van der Waals surface area contributed by atoms with Crippen LogP contribution in [0, 0.1) is 0 Å². The van der Waals surface area contributed by atoms with Gasteiger partial charge in [0.15, 0.2) is 0 Å². The molecule has 0 fully saturated rings. The fourth-order valence-electron chi connectivity index (χ4n) is 1.02. The van der Waals surface area contributed by atoms with E-state index in [1.807, 2.05) is 6.92 Å². The van der Waals surface area contributed by atoms with Crippen LogP contribution in [-0.2, 0) is 19.1 Å². The van der Waals surface area contributed by atoms with Crippen LogP contribution in [-0.4, -0.2) is 50.0 Å². The van der Waals surface area contributed by atoms with Gasteiger partial charge in [-0.05, 0) is 6.42 Å². The third-order valence-electron chi connectivity index (χ3n) is 1.84. The molecule has 0 aliphatic carbocycles. The summed E-state index contributed by atoms with van der Waals surface area (Å²) in [5.41, 5.74) is 0. The fraction of sp³-hybridized carbons (Fsp3) is 0.800. The van der Waals surface area contributed by atoms with E-state index in [4.69, 9.17) is 14.6 Å². The Balaban J connectivity index is 3.66. The van der Waals surface area contributed by atoms with Crippen LogP contribution >= 0.6 is 0 Å². The van der Waals surface area contributed by atoms with Crippen LogP contribution in [0.4, 0.5) is 0 Å². The zero-order chi connectivity index (χ0) is 12.4. The van der Waals surface area contributed by atoms with Crippen LogP contribution in [0.15, 0.2) is 0 Å². The number of hydrogen-bond acceptors (Lipinski definition) is 4. The quantitative estimate of drug-likeness (QED) is 0.548. The summed E-state index contributed by atoms with van der Waals surface area (Å²) in [4.78, 5) is 21.6. The minimum Gasteiger partial charge on any atom is -0.481 e. The van der Waals surface area contributed by atoms with Crippen LogP contribution in [0.3, 0.4) is 0 Å². The lowest BCUT2D eigenvalue weighted by Gasteiger charge is -2.13. The van der Waals surface area contributed by atoms with Gasteiger partial charge >= 0.3 is 5.97 Å². The molecule has 0 saturated carbocycles. The lowest BCUT2D eigenvalue weighted by Crippen LogP contribution is -2.36. The average molecular weight is 233 g/mol. The molecule has 6 heteroatoms. The number of methoxy groups -OCH3 is 1. The second kappa shape index (κ2) is 9.11. The first-order valence-corrected chi connectivity index (χ1v) is 5.19. The summed E-state index contributed by atoms with van der Waals surface area (Å²) < 4.78 is 9.92. The molecule has 0 aliphatic rings. The molecule has 94 valence electrons. The van der Waals surface area contributed by atoms with Gasteiger partial charge < -0.3 is 19.9 Å². The molecular formula is C10H19NO5. The van der Waals surface area contributed by atoms with Crippen molar-refractivity contribution in [1.82, 2.24) is 5.32 Å². The smallest absolute Gasteiger partial charge is 0.306 e. The van der Waals surface area contributed by atoms with Gasteiger partial charge in [0, 0.05) is 20.3 Å². The van der Waals surface area contributed by atoms with Crippen LogP contribution < -0.4 is 5.32 Å². The molecule has 6 nitrogen and oxygen atoms in total. The number of ether oxygens (including phenoxy) is 2. The molecule has 0 rings (SSSR count). The highest BCUT2D eigenvalue weighted by Gasteiger charge is 2.13. The Bertz CT molecular complexity index is 219. The SMILES string of the molecule is CCCOCC(=O)NCC(CC(=O)O)OC. The number of hydrogen-bond donors (Lipinski definition) is 2. The van der Waals surface area contributed by atoms with Crippen molar-refractivity contribution >= 4 is 11.9 Å². The minimum absolute atomic E-state index is 0.00263. The number of carboxylic acid groups (broad SMARTS) is 1. The molecular weight excluding hydrogens is 214 g/mol. The highest BCUT2D eigenvalue weighted by Crippen LogP contribution is 1.95. The summed E-state index contributed by atoms with van der Waals surface area (Å²) in [7, 11) is 1.41.